The Kier molecular flexibility index (Phi) is 6.45. The van der Waals surface area contributed by atoms with Crippen molar-refractivity contribution in [3.05, 3.63) is 23.2 Å². The summed E-state index contributed by atoms with van der Waals surface area (Å²) in [6, 6.07) is 3.81. The van der Waals surface area contributed by atoms with Crippen LogP contribution in [0.5, 0.6) is 5.75 Å². The van der Waals surface area contributed by atoms with Gasteiger partial charge in [0.15, 0.2) is 6.61 Å². The number of nitrogens with one attached hydrogen (secondary N) is 1. The van der Waals surface area contributed by atoms with Crippen LogP contribution in [-0.4, -0.2) is 33.5 Å². The molecule has 7 nitrogen and oxygen atoms in total. The molecular weight excluding hydrogens is 354 g/mol. The lowest BCUT2D eigenvalue weighted by Crippen LogP contribution is -2.44. The van der Waals surface area contributed by atoms with Crippen molar-refractivity contribution in [1.82, 2.24) is 4.72 Å². The number of amides is 1. The van der Waals surface area contributed by atoms with Gasteiger partial charge in [0.05, 0.1) is 0 Å². The first-order valence-electron chi connectivity index (χ1n) is 7.76. The molecule has 1 atom stereocenters. The molecule has 0 radical (unpaired) electrons. The number of carbonyl (C=O) groups is 1. The molecular formula is C15H22ClN3O4S. The van der Waals surface area contributed by atoms with E-state index < -0.39 is 22.5 Å². The maximum absolute atomic E-state index is 12.8. The van der Waals surface area contributed by atoms with Gasteiger partial charge in [0.25, 0.3) is 5.91 Å². The van der Waals surface area contributed by atoms with Crippen LogP contribution in [0.25, 0.3) is 0 Å². The van der Waals surface area contributed by atoms with Crippen molar-refractivity contribution < 1.29 is 17.9 Å². The first kappa shape index (κ1) is 19.0. The molecule has 0 aliphatic heterocycles. The molecule has 1 unspecified atom stereocenters. The molecule has 9 heteroatoms. The van der Waals surface area contributed by atoms with Crippen LogP contribution >= 0.6 is 11.6 Å². The number of benzene rings is 1. The van der Waals surface area contributed by atoms with E-state index in [9.17, 15) is 13.2 Å². The van der Waals surface area contributed by atoms with Crippen molar-refractivity contribution in [3.63, 3.8) is 0 Å². The van der Waals surface area contributed by atoms with Gasteiger partial charge in [-0.05, 0) is 37.0 Å². The zero-order valence-electron chi connectivity index (χ0n) is 13.2. The number of nitrogens with two attached hydrogens (primary N) is 2. The molecule has 1 fully saturated rings. The second-order valence-corrected chi connectivity index (χ2v) is 7.97. The minimum atomic E-state index is -3.90. The van der Waals surface area contributed by atoms with Crippen molar-refractivity contribution in [2.24, 2.45) is 17.4 Å². The van der Waals surface area contributed by atoms with E-state index in [2.05, 4.69) is 4.72 Å². The number of carbonyl (C=O) groups excluding carboxylic acids is 1. The predicted octanol–water partition coefficient (Wildman–Crippen LogP) is 1.000. The average molecular weight is 376 g/mol. The smallest absolute Gasteiger partial charge is 0.255 e. The van der Waals surface area contributed by atoms with Crippen LogP contribution in [0, 0.1) is 5.92 Å². The lowest BCUT2D eigenvalue weighted by Gasteiger charge is -2.23. The molecule has 0 aromatic heterocycles. The number of sulfonamides is 1. The number of ether oxygens (including phenoxy) is 1. The molecule has 1 aromatic rings. The molecule has 24 heavy (non-hydrogen) atoms. The Balaban J connectivity index is 2.26. The monoisotopic (exact) mass is 375 g/mol. The quantitative estimate of drug-likeness (QED) is 0.625. The number of halogens is 1. The van der Waals surface area contributed by atoms with Gasteiger partial charge in [-0.1, -0.05) is 24.4 Å². The maximum atomic E-state index is 12.8. The summed E-state index contributed by atoms with van der Waals surface area (Å²) in [6.45, 7) is -0.213. The lowest BCUT2D eigenvalue weighted by atomic mass is 9.99. The van der Waals surface area contributed by atoms with Crippen LogP contribution in [0.2, 0.25) is 5.02 Å². The normalized spacial score (nSPS) is 16.9. The standard InChI is InChI=1S/C15H22ClN3O4S/c16-11-5-6-13(23-9-15(18)20)14(7-11)24(21,22)19-12(8-17)10-3-1-2-4-10/h5-7,10,12,19H,1-4,8-9,17H2,(H2,18,20). The van der Waals surface area contributed by atoms with Crippen LogP contribution in [0.15, 0.2) is 23.1 Å². The largest absolute Gasteiger partial charge is 0.482 e. The topological polar surface area (TPSA) is 125 Å². The van der Waals surface area contributed by atoms with Crippen molar-refractivity contribution in [1.29, 1.82) is 0 Å². The minimum Gasteiger partial charge on any atom is -0.482 e. The van der Waals surface area contributed by atoms with Gasteiger partial charge in [0.2, 0.25) is 10.0 Å². The van der Waals surface area contributed by atoms with Crippen LogP contribution < -0.4 is 20.9 Å². The van der Waals surface area contributed by atoms with E-state index >= 15 is 0 Å². The van der Waals surface area contributed by atoms with Gasteiger partial charge >= 0.3 is 0 Å². The van der Waals surface area contributed by atoms with E-state index in [4.69, 9.17) is 27.8 Å². The number of hydrogen-bond acceptors (Lipinski definition) is 5. The van der Waals surface area contributed by atoms with Crippen LogP contribution in [0.4, 0.5) is 0 Å². The Morgan fingerprint density at radius 1 is 1.38 bits per heavy atom. The van der Waals surface area contributed by atoms with Crippen LogP contribution in [0.1, 0.15) is 25.7 Å². The fourth-order valence-electron chi connectivity index (χ4n) is 2.92. The molecule has 1 amide bonds. The molecule has 1 aromatic carbocycles. The fourth-order valence-corrected chi connectivity index (χ4v) is 4.64. The highest BCUT2D eigenvalue weighted by molar-refractivity contribution is 7.89. The Labute approximate surface area is 146 Å². The van der Waals surface area contributed by atoms with Gasteiger partial charge < -0.3 is 16.2 Å². The van der Waals surface area contributed by atoms with Crippen LogP contribution in [-0.2, 0) is 14.8 Å². The molecule has 2 rings (SSSR count). The van der Waals surface area contributed by atoms with E-state index in [1.54, 1.807) is 0 Å². The van der Waals surface area contributed by atoms with Gasteiger partial charge in [-0.3, -0.25) is 4.79 Å². The van der Waals surface area contributed by atoms with E-state index in [-0.39, 0.29) is 34.2 Å². The Morgan fingerprint density at radius 3 is 2.62 bits per heavy atom. The summed E-state index contributed by atoms with van der Waals surface area (Å²) >= 11 is 5.92. The summed E-state index contributed by atoms with van der Waals surface area (Å²) in [7, 11) is -3.90. The van der Waals surface area contributed by atoms with Gasteiger partial charge in [0, 0.05) is 17.6 Å². The molecule has 0 saturated heterocycles. The Morgan fingerprint density at radius 2 is 2.04 bits per heavy atom. The highest BCUT2D eigenvalue weighted by Gasteiger charge is 2.30. The first-order valence-corrected chi connectivity index (χ1v) is 9.62. The van der Waals surface area contributed by atoms with Crippen molar-refractivity contribution in [3.8, 4) is 5.75 Å². The van der Waals surface area contributed by atoms with Gasteiger partial charge in [-0.15, -0.1) is 0 Å². The minimum absolute atomic E-state index is 0.0212. The fraction of sp³-hybridized carbons (Fsp3) is 0.533. The summed E-state index contributed by atoms with van der Waals surface area (Å²) in [4.78, 5) is 10.8. The zero-order chi connectivity index (χ0) is 17.7. The molecule has 5 N–H and O–H groups in total. The number of rotatable bonds is 8. The van der Waals surface area contributed by atoms with E-state index in [0.717, 1.165) is 25.7 Å². The summed E-state index contributed by atoms with van der Waals surface area (Å²) in [6.07, 6.45) is 4.05. The molecule has 134 valence electrons. The second kappa shape index (κ2) is 8.15. The summed E-state index contributed by atoms with van der Waals surface area (Å²) in [5, 5.41) is 0.243. The summed E-state index contributed by atoms with van der Waals surface area (Å²) < 4.78 is 33.4. The van der Waals surface area contributed by atoms with Gasteiger partial charge in [0.1, 0.15) is 10.6 Å². The highest BCUT2D eigenvalue weighted by Crippen LogP contribution is 2.31. The molecule has 1 aliphatic carbocycles. The van der Waals surface area contributed by atoms with Crippen molar-refractivity contribution in [2.75, 3.05) is 13.2 Å². The zero-order valence-corrected chi connectivity index (χ0v) is 14.8. The van der Waals surface area contributed by atoms with E-state index in [0.29, 0.717) is 0 Å². The number of hydrogen-bond donors (Lipinski definition) is 3. The molecule has 0 bridgehead atoms. The lowest BCUT2D eigenvalue weighted by molar-refractivity contribution is -0.120. The van der Waals surface area contributed by atoms with E-state index in [1.165, 1.54) is 18.2 Å². The first-order chi connectivity index (χ1) is 11.3. The third kappa shape index (κ3) is 4.83. The van der Waals surface area contributed by atoms with Crippen LogP contribution in [0.3, 0.4) is 0 Å². The second-order valence-electron chi connectivity index (χ2n) is 5.85. The summed E-state index contributed by atoms with van der Waals surface area (Å²) in [5.74, 6) is -0.459. The maximum Gasteiger partial charge on any atom is 0.255 e. The van der Waals surface area contributed by atoms with Gasteiger partial charge in [-0.2, -0.15) is 0 Å². The SMILES string of the molecule is NCC(NS(=O)(=O)c1cc(Cl)ccc1OCC(N)=O)C1CCCC1. The third-order valence-electron chi connectivity index (χ3n) is 4.09. The molecule has 0 heterocycles. The highest BCUT2D eigenvalue weighted by atomic mass is 35.5. The Bertz CT molecular complexity index is 690. The molecule has 0 spiro atoms. The van der Waals surface area contributed by atoms with Gasteiger partial charge in [-0.25, -0.2) is 13.1 Å². The molecule has 1 saturated carbocycles. The van der Waals surface area contributed by atoms with E-state index in [1.807, 2.05) is 0 Å². The third-order valence-corrected chi connectivity index (χ3v) is 5.84. The Hall–Kier alpha value is -1.35. The molecule has 1 aliphatic rings. The van der Waals surface area contributed by atoms with Crippen molar-refractivity contribution in [2.45, 2.75) is 36.6 Å². The predicted molar refractivity (Wildman–Crippen MR) is 91.3 cm³/mol. The number of primary amides is 1. The average Bonchev–Trinajstić information content (AvgIpc) is 3.05. The summed E-state index contributed by atoms with van der Waals surface area (Å²) in [5.41, 5.74) is 10.8. The van der Waals surface area contributed by atoms with Crippen molar-refractivity contribution >= 4 is 27.5 Å².